The van der Waals surface area contributed by atoms with Gasteiger partial charge in [0.05, 0.1) is 12.7 Å². The Bertz CT molecular complexity index is 342. The highest BCUT2D eigenvalue weighted by molar-refractivity contribution is 5.89. The molecule has 3 atom stereocenters. The van der Waals surface area contributed by atoms with E-state index in [1.54, 1.807) is 11.1 Å². The Morgan fingerprint density at radius 3 is 3.00 bits per heavy atom. The van der Waals surface area contributed by atoms with Crippen LogP contribution in [0.25, 0.3) is 0 Å². The lowest BCUT2D eigenvalue weighted by Gasteiger charge is -2.30. The second-order valence-electron chi connectivity index (χ2n) is 3.77. The van der Waals surface area contributed by atoms with Gasteiger partial charge in [-0.1, -0.05) is 6.58 Å². The maximum atomic E-state index is 11.0. The molecule has 6 nitrogen and oxygen atoms in total. The minimum absolute atomic E-state index is 0.228. The molecule has 0 bridgehead atoms. The Labute approximate surface area is 92.8 Å². The van der Waals surface area contributed by atoms with E-state index < -0.39 is 18.4 Å². The number of hydrogen-bond acceptors (Lipinski definition) is 5. The first-order chi connectivity index (χ1) is 7.61. The van der Waals surface area contributed by atoms with E-state index >= 15 is 0 Å². The zero-order valence-corrected chi connectivity index (χ0v) is 8.67. The van der Waals surface area contributed by atoms with Crippen molar-refractivity contribution >= 4 is 5.91 Å². The summed E-state index contributed by atoms with van der Waals surface area (Å²) in [6.45, 7) is 3.46. The minimum atomic E-state index is -0.700. The van der Waals surface area contributed by atoms with Gasteiger partial charge in [-0.25, -0.2) is 0 Å². The van der Waals surface area contributed by atoms with Crippen LogP contribution < -0.4 is 5.32 Å². The molecule has 0 spiro atoms. The lowest BCUT2D eigenvalue weighted by atomic mass is 10.2. The number of ether oxygens (including phenoxy) is 1. The number of aliphatic hydroxyl groups is 2. The fourth-order valence-electron chi connectivity index (χ4n) is 1.81. The van der Waals surface area contributed by atoms with Gasteiger partial charge < -0.3 is 25.2 Å². The number of carbonyl (C=O) groups is 1. The molecule has 16 heavy (non-hydrogen) atoms. The van der Waals surface area contributed by atoms with Gasteiger partial charge in [-0.05, 0) is 0 Å². The molecular weight excluding hydrogens is 212 g/mol. The highest BCUT2D eigenvalue weighted by atomic mass is 16.5. The normalized spacial score (nSPS) is 34.4. The number of nitrogens with one attached hydrogen (secondary N) is 1. The molecule has 88 valence electrons. The van der Waals surface area contributed by atoms with Crippen LogP contribution in [0.4, 0.5) is 0 Å². The first-order valence-corrected chi connectivity index (χ1v) is 5.02. The Hall–Kier alpha value is -1.37. The van der Waals surface area contributed by atoms with Crippen LogP contribution in [0.2, 0.25) is 0 Å². The van der Waals surface area contributed by atoms with Crippen molar-refractivity contribution in [3.63, 3.8) is 0 Å². The summed E-state index contributed by atoms with van der Waals surface area (Å²) < 4.78 is 5.43. The monoisotopic (exact) mass is 226 g/mol. The Balaban J connectivity index is 2.07. The zero-order chi connectivity index (χ0) is 11.7. The number of rotatable bonds is 2. The molecule has 2 heterocycles. The summed E-state index contributed by atoms with van der Waals surface area (Å²) in [5.41, 5.74) is 0. The highest BCUT2D eigenvalue weighted by Crippen LogP contribution is 2.25. The lowest BCUT2D eigenvalue weighted by Crippen LogP contribution is -2.41. The van der Waals surface area contributed by atoms with Gasteiger partial charge in [-0.2, -0.15) is 0 Å². The summed E-state index contributed by atoms with van der Waals surface area (Å²) in [7, 11) is 0. The van der Waals surface area contributed by atoms with Crippen molar-refractivity contribution in [2.45, 2.75) is 24.9 Å². The van der Waals surface area contributed by atoms with E-state index in [1.807, 2.05) is 0 Å². The topological polar surface area (TPSA) is 82.0 Å². The van der Waals surface area contributed by atoms with Crippen LogP contribution in [0.15, 0.2) is 24.7 Å². The van der Waals surface area contributed by atoms with E-state index in [4.69, 9.17) is 9.84 Å². The smallest absolute Gasteiger partial charge is 0.250 e. The average molecular weight is 226 g/mol. The van der Waals surface area contributed by atoms with E-state index in [1.165, 1.54) is 6.08 Å². The molecule has 0 radical (unpaired) electrons. The number of nitrogens with zero attached hydrogens (tertiary/aromatic N) is 1. The summed E-state index contributed by atoms with van der Waals surface area (Å²) in [4.78, 5) is 12.6. The largest absolute Gasteiger partial charge is 0.394 e. The summed E-state index contributed by atoms with van der Waals surface area (Å²) in [6.07, 6.45) is 1.59. The van der Waals surface area contributed by atoms with Crippen LogP contribution in [0.3, 0.4) is 0 Å². The molecular formula is C10H14N2O4. The van der Waals surface area contributed by atoms with E-state index in [0.717, 1.165) is 0 Å². The van der Waals surface area contributed by atoms with Gasteiger partial charge in [0, 0.05) is 18.7 Å². The van der Waals surface area contributed by atoms with Crippen LogP contribution in [-0.4, -0.2) is 46.1 Å². The molecule has 2 rings (SSSR count). The van der Waals surface area contributed by atoms with Gasteiger partial charge in [0.25, 0.3) is 5.91 Å². The van der Waals surface area contributed by atoms with E-state index in [-0.39, 0.29) is 12.5 Å². The first-order valence-electron chi connectivity index (χ1n) is 5.02. The van der Waals surface area contributed by atoms with Crippen molar-refractivity contribution in [1.82, 2.24) is 10.2 Å². The van der Waals surface area contributed by atoms with Gasteiger partial charge in [-0.15, -0.1) is 0 Å². The highest BCUT2D eigenvalue weighted by Gasteiger charge is 2.37. The van der Waals surface area contributed by atoms with Gasteiger partial charge >= 0.3 is 0 Å². The molecule has 0 aromatic carbocycles. The first kappa shape index (κ1) is 11.1. The summed E-state index contributed by atoms with van der Waals surface area (Å²) in [5, 5.41) is 21.1. The molecule has 0 aromatic heterocycles. The molecule has 6 heteroatoms. The predicted molar refractivity (Wildman–Crippen MR) is 54.6 cm³/mol. The van der Waals surface area contributed by atoms with Crippen molar-refractivity contribution in [1.29, 1.82) is 0 Å². The van der Waals surface area contributed by atoms with E-state index in [2.05, 4.69) is 11.9 Å². The van der Waals surface area contributed by atoms with Crippen molar-refractivity contribution < 1.29 is 19.7 Å². The Kier molecular flexibility index (Phi) is 2.95. The fraction of sp³-hybridized carbons (Fsp3) is 0.500. The van der Waals surface area contributed by atoms with Gasteiger partial charge in [0.2, 0.25) is 0 Å². The fourth-order valence-corrected chi connectivity index (χ4v) is 1.81. The Morgan fingerprint density at radius 2 is 2.44 bits per heavy atom. The minimum Gasteiger partial charge on any atom is -0.394 e. The second kappa shape index (κ2) is 4.25. The predicted octanol–water partition coefficient (Wildman–Crippen LogP) is -1.13. The van der Waals surface area contributed by atoms with Crippen LogP contribution in [-0.2, 0) is 9.53 Å². The summed E-state index contributed by atoms with van der Waals surface area (Å²) in [5.74, 6) is 0.168. The van der Waals surface area contributed by atoms with Crippen molar-refractivity contribution in [2.24, 2.45) is 0 Å². The number of carbonyl (C=O) groups excluding carboxylic acids is 1. The molecule has 0 aromatic rings. The quantitative estimate of drug-likeness (QED) is 0.555. The maximum Gasteiger partial charge on any atom is 0.250 e. The molecule has 3 N–H and O–H groups in total. The maximum absolute atomic E-state index is 11.0. The van der Waals surface area contributed by atoms with Gasteiger partial charge in [-0.3, -0.25) is 4.79 Å². The molecule has 1 saturated heterocycles. The SMILES string of the molecule is C=C1NC(=O)C=CN1[C@H]1C[C@@H](O)[C@@H](CO)O1. The molecule has 1 fully saturated rings. The van der Waals surface area contributed by atoms with Crippen LogP contribution in [0.5, 0.6) is 0 Å². The van der Waals surface area contributed by atoms with Crippen molar-refractivity contribution in [3.8, 4) is 0 Å². The number of aliphatic hydroxyl groups excluding tert-OH is 2. The Morgan fingerprint density at radius 1 is 1.69 bits per heavy atom. The second-order valence-corrected chi connectivity index (χ2v) is 3.77. The molecule has 0 unspecified atom stereocenters. The third-order valence-electron chi connectivity index (χ3n) is 2.66. The van der Waals surface area contributed by atoms with Crippen LogP contribution in [0, 0.1) is 0 Å². The number of hydrogen-bond donors (Lipinski definition) is 3. The summed E-state index contributed by atoms with van der Waals surface area (Å²) >= 11 is 0. The standard InChI is InChI=1S/C10H14N2O4/c1-6-11-9(15)2-3-12(6)10-4-7(14)8(5-13)16-10/h2-3,7-8,10,13-14H,1,4-5H2,(H,11,15)/t7-,8-,10-/m1/s1. The molecule has 2 aliphatic heterocycles. The summed E-state index contributed by atoms with van der Waals surface area (Å²) in [6, 6.07) is 0. The molecule has 2 aliphatic rings. The molecule has 0 aliphatic carbocycles. The van der Waals surface area contributed by atoms with Crippen LogP contribution >= 0.6 is 0 Å². The van der Waals surface area contributed by atoms with Crippen molar-refractivity contribution in [2.75, 3.05) is 6.61 Å². The third kappa shape index (κ3) is 1.95. The van der Waals surface area contributed by atoms with Crippen LogP contribution in [0.1, 0.15) is 6.42 Å². The van der Waals surface area contributed by atoms with Gasteiger partial charge in [0.1, 0.15) is 18.2 Å². The molecule has 1 amide bonds. The van der Waals surface area contributed by atoms with E-state index in [9.17, 15) is 9.90 Å². The van der Waals surface area contributed by atoms with Crippen molar-refractivity contribution in [3.05, 3.63) is 24.7 Å². The zero-order valence-electron chi connectivity index (χ0n) is 8.67. The lowest BCUT2D eigenvalue weighted by molar-refractivity contribution is -0.117. The molecule has 0 saturated carbocycles. The van der Waals surface area contributed by atoms with Gasteiger partial charge in [0.15, 0.2) is 0 Å². The average Bonchev–Trinajstić information content (AvgIpc) is 2.59. The third-order valence-corrected chi connectivity index (χ3v) is 2.66. The number of amides is 1. The van der Waals surface area contributed by atoms with E-state index in [0.29, 0.717) is 12.2 Å².